The van der Waals surface area contributed by atoms with Gasteiger partial charge in [-0.3, -0.25) is 9.69 Å². The van der Waals surface area contributed by atoms with Crippen LogP contribution in [0.1, 0.15) is 18.7 Å². The van der Waals surface area contributed by atoms with Crippen LogP contribution in [0.2, 0.25) is 0 Å². The monoisotopic (exact) mass is 440 g/mol. The van der Waals surface area contributed by atoms with Gasteiger partial charge in [-0.15, -0.1) is 0 Å². The van der Waals surface area contributed by atoms with E-state index in [1.54, 1.807) is 38.5 Å². The predicted octanol–water partition coefficient (Wildman–Crippen LogP) is 3.74. The molecule has 0 aliphatic carbocycles. The number of nitrogens with one attached hydrogen (secondary N) is 1. The summed E-state index contributed by atoms with van der Waals surface area (Å²) in [5, 5.41) is 6.94. The molecule has 1 fully saturated rings. The number of carbonyl (C=O) groups is 1. The molecule has 2 heterocycles. The molecular formula is C23H25FN4O4. The number of carbonyl (C=O) groups excluding carboxylic acids is 1. The Labute approximate surface area is 185 Å². The highest BCUT2D eigenvalue weighted by atomic mass is 19.1. The Kier molecular flexibility index (Phi) is 6.65. The highest BCUT2D eigenvalue weighted by Crippen LogP contribution is 2.31. The van der Waals surface area contributed by atoms with Crippen molar-refractivity contribution < 1.29 is 23.2 Å². The molecule has 2 aromatic carbocycles. The summed E-state index contributed by atoms with van der Waals surface area (Å²) in [5.41, 5.74) is 1.38. The van der Waals surface area contributed by atoms with Crippen molar-refractivity contribution in [3.05, 3.63) is 54.2 Å². The number of rotatable bonds is 7. The van der Waals surface area contributed by atoms with Gasteiger partial charge in [0.15, 0.2) is 11.5 Å². The number of benzene rings is 2. The first-order chi connectivity index (χ1) is 15.6. The predicted molar refractivity (Wildman–Crippen MR) is 116 cm³/mol. The molecule has 0 atom stereocenters. The van der Waals surface area contributed by atoms with Crippen LogP contribution in [0.15, 0.2) is 47.0 Å². The van der Waals surface area contributed by atoms with Crippen molar-refractivity contribution in [1.29, 1.82) is 0 Å². The Hall–Kier alpha value is -3.46. The zero-order valence-electron chi connectivity index (χ0n) is 18.0. The number of hydrogen-bond acceptors (Lipinski definition) is 7. The fourth-order valence-corrected chi connectivity index (χ4v) is 3.73. The first kappa shape index (κ1) is 21.8. The maximum atomic E-state index is 13.0. The molecular weight excluding hydrogens is 415 g/mol. The average molecular weight is 440 g/mol. The van der Waals surface area contributed by atoms with Crippen LogP contribution in [0.3, 0.4) is 0 Å². The largest absolute Gasteiger partial charge is 0.493 e. The van der Waals surface area contributed by atoms with Crippen molar-refractivity contribution in [3.8, 4) is 22.9 Å². The van der Waals surface area contributed by atoms with Gasteiger partial charge in [0.05, 0.1) is 20.8 Å². The maximum Gasteiger partial charge on any atom is 0.241 e. The van der Waals surface area contributed by atoms with Crippen LogP contribution in [-0.2, 0) is 11.3 Å². The van der Waals surface area contributed by atoms with Gasteiger partial charge in [0.25, 0.3) is 0 Å². The lowest BCUT2D eigenvalue weighted by molar-refractivity contribution is -0.121. The third-order valence-electron chi connectivity index (χ3n) is 5.54. The third kappa shape index (κ3) is 5.05. The summed E-state index contributed by atoms with van der Waals surface area (Å²) < 4.78 is 29.0. The van der Waals surface area contributed by atoms with E-state index in [4.69, 9.17) is 14.0 Å². The number of anilines is 1. The summed E-state index contributed by atoms with van der Waals surface area (Å²) in [5.74, 6) is 1.78. The Balaban J connectivity index is 1.31. The lowest BCUT2D eigenvalue weighted by Gasteiger charge is -2.30. The quantitative estimate of drug-likeness (QED) is 0.599. The van der Waals surface area contributed by atoms with Crippen LogP contribution >= 0.6 is 0 Å². The van der Waals surface area contributed by atoms with Crippen LogP contribution in [0.25, 0.3) is 11.4 Å². The number of nitrogens with zero attached hydrogens (tertiary/aromatic N) is 3. The minimum absolute atomic E-state index is 0.0372. The number of aromatic nitrogens is 2. The van der Waals surface area contributed by atoms with Gasteiger partial charge in [-0.1, -0.05) is 5.16 Å². The van der Waals surface area contributed by atoms with E-state index in [1.807, 2.05) is 6.07 Å². The van der Waals surface area contributed by atoms with E-state index in [9.17, 15) is 9.18 Å². The minimum atomic E-state index is -0.327. The van der Waals surface area contributed by atoms with Gasteiger partial charge in [0.1, 0.15) is 5.82 Å². The lowest BCUT2D eigenvalue weighted by Crippen LogP contribution is -2.37. The number of amides is 1. The zero-order chi connectivity index (χ0) is 22.5. The van der Waals surface area contributed by atoms with Crippen molar-refractivity contribution in [2.45, 2.75) is 19.4 Å². The summed E-state index contributed by atoms with van der Waals surface area (Å²) >= 11 is 0. The van der Waals surface area contributed by atoms with E-state index < -0.39 is 0 Å². The first-order valence-corrected chi connectivity index (χ1v) is 10.4. The van der Waals surface area contributed by atoms with E-state index >= 15 is 0 Å². The molecule has 4 rings (SSSR count). The molecule has 9 heteroatoms. The molecule has 1 aliphatic heterocycles. The second-order valence-electron chi connectivity index (χ2n) is 7.63. The van der Waals surface area contributed by atoms with E-state index in [0.29, 0.717) is 35.4 Å². The van der Waals surface area contributed by atoms with Crippen molar-refractivity contribution in [2.75, 3.05) is 32.6 Å². The van der Waals surface area contributed by atoms with E-state index in [0.717, 1.165) is 31.5 Å². The van der Waals surface area contributed by atoms with Crippen LogP contribution in [0.4, 0.5) is 10.1 Å². The number of likely N-dealkylation sites (tertiary alicyclic amines) is 1. The average Bonchev–Trinajstić information content (AvgIpc) is 3.29. The van der Waals surface area contributed by atoms with Gasteiger partial charge in [-0.2, -0.15) is 4.98 Å². The fourth-order valence-electron chi connectivity index (χ4n) is 3.73. The standard InChI is InChI=1S/C23H25FN4O4/c1-30-19-8-3-16(13-20(19)31-2)22-26-21(32-27-22)14-28-11-9-15(10-12-28)23(29)25-18-6-4-17(24)5-7-18/h3-8,13,15H,9-12,14H2,1-2H3,(H,25,29). The highest BCUT2D eigenvalue weighted by molar-refractivity contribution is 5.92. The van der Waals surface area contributed by atoms with Gasteiger partial charge < -0.3 is 19.3 Å². The molecule has 32 heavy (non-hydrogen) atoms. The van der Waals surface area contributed by atoms with E-state index in [-0.39, 0.29) is 17.6 Å². The Bertz CT molecular complexity index is 1060. The Morgan fingerprint density at radius 1 is 1.12 bits per heavy atom. The van der Waals surface area contributed by atoms with Gasteiger partial charge in [-0.25, -0.2) is 4.39 Å². The topological polar surface area (TPSA) is 89.7 Å². The smallest absolute Gasteiger partial charge is 0.241 e. The van der Waals surface area contributed by atoms with Crippen LogP contribution in [0.5, 0.6) is 11.5 Å². The molecule has 8 nitrogen and oxygen atoms in total. The number of methoxy groups -OCH3 is 2. The summed E-state index contributed by atoms with van der Waals surface area (Å²) in [6.45, 7) is 2.01. The maximum absolute atomic E-state index is 13.0. The molecule has 1 amide bonds. The fraction of sp³-hybridized carbons (Fsp3) is 0.348. The second kappa shape index (κ2) is 9.78. The van der Waals surface area contributed by atoms with Gasteiger partial charge >= 0.3 is 0 Å². The lowest BCUT2D eigenvalue weighted by atomic mass is 9.96. The number of hydrogen-bond donors (Lipinski definition) is 1. The van der Waals surface area contributed by atoms with Gasteiger partial charge in [0.2, 0.25) is 17.6 Å². The minimum Gasteiger partial charge on any atom is -0.493 e. The van der Waals surface area contributed by atoms with Crippen molar-refractivity contribution in [2.24, 2.45) is 5.92 Å². The highest BCUT2D eigenvalue weighted by Gasteiger charge is 2.26. The zero-order valence-corrected chi connectivity index (χ0v) is 18.0. The molecule has 1 aliphatic rings. The molecule has 1 saturated heterocycles. The molecule has 0 radical (unpaired) electrons. The number of piperidine rings is 1. The van der Waals surface area contributed by atoms with Crippen LogP contribution in [0, 0.1) is 11.7 Å². The number of halogens is 1. The summed E-state index contributed by atoms with van der Waals surface area (Å²) in [6.07, 6.45) is 1.45. The van der Waals surface area contributed by atoms with Gasteiger partial charge in [0, 0.05) is 17.2 Å². The van der Waals surface area contributed by atoms with E-state index in [2.05, 4.69) is 20.4 Å². The normalized spacial score (nSPS) is 14.8. The third-order valence-corrected chi connectivity index (χ3v) is 5.54. The first-order valence-electron chi connectivity index (χ1n) is 10.4. The van der Waals surface area contributed by atoms with Crippen molar-refractivity contribution >= 4 is 11.6 Å². The molecule has 1 N–H and O–H groups in total. The molecule has 0 unspecified atom stereocenters. The molecule has 168 valence electrons. The Morgan fingerprint density at radius 2 is 1.84 bits per heavy atom. The SMILES string of the molecule is COc1ccc(-c2noc(CN3CCC(C(=O)Nc4ccc(F)cc4)CC3)n2)cc1OC. The second-order valence-corrected chi connectivity index (χ2v) is 7.63. The molecule has 0 bridgehead atoms. The molecule has 0 saturated carbocycles. The van der Waals surface area contributed by atoms with Crippen molar-refractivity contribution in [1.82, 2.24) is 15.0 Å². The summed E-state index contributed by atoms with van der Waals surface area (Å²) in [4.78, 5) is 19.2. The van der Waals surface area contributed by atoms with Crippen LogP contribution in [-0.4, -0.2) is 48.3 Å². The van der Waals surface area contributed by atoms with Crippen molar-refractivity contribution in [3.63, 3.8) is 0 Å². The molecule has 3 aromatic rings. The van der Waals surface area contributed by atoms with E-state index in [1.165, 1.54) is 12.1 Å². The molecule has 0 spiro atoms. The van der Waals surface area contributed by atoms with Gasteiger partial charge in [-0.05, 0) is 68.4 Å². The van der Waals surface area contributed by atoms with Crippen LogP contribution < -0.4 is 14.8 Å². The summed E-state index contributed by atoms with van der Waals surface area (Å²) in [6, 6.07) is 11.2. The molecule has 1 aromatic heterocycles. The summed E-state index contributed by atoms with van der Waals surface area (Å²) in [7, 11) is 3.16. The Morgan fingerprint density at radius 3 is 2.53 bits per heavy atom. The number of ether oxygens (including phenoxy) is 2.